The molecular weight excluding hydrogens is 833 g/mol. The van der Waals surface area contributed by atoms with E-state index >= 15 is 0 Å². The minimum absolute atomic E-state index is 0.000284. The van der Waals surface area contributed by atoms with Gasteiger partial charge in [0.1, 0.15) is 0 Å². The number of nitrogens with zero attached hydrogens (tertiary/aromatic N) is 2. The maximum atomic E-state index is 3.16. The van der Waals surface area contributed by atoms with Crippen LogP contribution in [-0.4, -0.2) is 63.3 Å². The Hall–Kier alpha value is -5.80. The van der Waals surface area contributed by atoms with Crippen molar-refractivity contribution in [1.82, 2.24) is 0 Å². The molecule has 0 amide bonds. The number of allylic oxidation sites excluding steroid dienone is 1. The minimum atomic E-state index is 0.000284. The quantitative estimate of drug-likeness (QED) is 0.105. The first-order chi connectivity index (χ1) is 33.7. The van der Waals surface area contributed by atoms with Crippen molar-refractivity contribution in [1.29, 1.82) is 0 Å². The van der Waals surface area contributed by atoms with E-state index < -0.39 is 0 Å². The summed E-state index contributed by atoms with van der Waals surface area (Å²) in [4.78, 5) is 0. The van der Waals surface area contributed by atoms with Gasteiger partial charge in [0, 0.05) is 40.4 Å². The van der Waals surface area contributed by atoms with Crippen molar-refractivity contribution in [3.63, 3.8) is 0 Å². The summed E-state index contributed by atoms with van der Waals surface area (Å²) >= 11 is 0. The molecule has 13 unspecified atom stereocenters. The van der Waals surface area contributed by atoms with Crippen molar-refractivity contribution in [2.24, 2.45) is 22.7 Å². The van der Waals surface area contributed by atoms with Crippen molar-refractivity contribution < 1.29 is 8.97 Å². The Bertz CT molecular complexity index is 5790. The molecule has 69 heavy (non-hydrogen) atoms. The fraction of sp³-hybridized carbons (Fsp3) is 0.343. The number of fused-ring (bicyclic) bond motifs is 1. The zero-order valence-electron chi connectivity index (χ0n) is 38.6. The van der Waals surface area contributed by atoms with Gasteiger partial charge >= 0.3 is 0 Å². The molecule has 2 nitrogen and oxygen atoms in total. The zero-order chi connectivity index (χ0) is 42.2. The number of likely N-dealkylation sites (tertiary alicyclic amines) is 2. The van der Waals surface area contributed by atoms with Gasteiger partial charge in [0.25, 0.3) is 0 Å². The second-order valence-electron chi connectivity index (χ2n) is 30.5. The summed E-state index contributed by atoms with van der Waals surface area (Å²) in [5.74, 6) is 4.37. The molecule has 2 heteroatoms. The van der Waals surface area contributed by atoms with Gasteiger partial charge in [0.05, 0.1) is 70.6 Å². The maximum Gasteiger partial charge on any atom is 0.0934 e. The molecule has 31 rings (SSSR count). The molecule has 18 aliphatic rings. The van der Waals surface area contributed by atoms with E-state index in [1.807, 2.05) is 176 Å². The van der Waals surface area contributed by atoms with Crippen LogP contribution in [0.15, 0.2) is 6.07 Å². The average molecular weight is 867 g/mol. The highest BCUT2D eigenvalue weighted by molar-refractivity contribution is 6.65. The number of likely N-dealkylation sites (N-methyl/N-ethyl adjacent to an activating group) is 2. The van der Waals surface area contributed by atoms with Crippen LogP contribution in [0.5, 0.6) is 0 Å². The van der Waals surface area contributed by atoms with E-state index in [1.54, 1.807) is 59.2 Å². The molecule has 2 aliphatic heterocycles. The Morgan fingerprint density at radius 3 is 2.06 bits per heavy atom. The lowest BCUT2D eigenvalue weighted by atomic mass is 9.26. The van der Waals surface area contributed by atoms with Gasteiger partial charge in [-0.3, -0.25) is 0 Å². The summed E-state index contributed by atoms with van der Waals surface area (Å²) in [6, 6.07) is 3.16. The van der Waals surface area contributed by atoms with Gasteiger partial charge in [-0.1, -0.05) is 18.6 Å². The highest BCUT2D eigenvalue weighted by atomic mass is 15.4. The summed E-state index contributed by atoms with van der Waals surface area (Å²) in [7, 11) is 10.9. The lowest BCUT2D eigenvalue weighted by molar-refractivity contribution is -0.881. The molecule has 0 radical (unpaired) electrons. The van der Waals surface area contributed by atoms with Gasteiger partial charge in [-0.2, -0.15) is 0 Å². The third-order valence-corrected chi connectivity index (χ3v) is 29.5. The van der Waals surface area contributed by atoms with Crippen molar-refractivity contribution in [3.05, 3.63) is 94.7 Å². The van der Waals surface area contributed by atoms with Gasteiger partial charge in [-0.05, 0) is 254 Å². The Balaban J connectivity index is 1.12. The second kappa shape index (κ2) is 6.11. The Morgan fingerprint density at radius 1 is 0.493 bits per heavy atom. The average Bonchev–Trinajstić information content (AvgIpc) is 4.28. The van der Waals surface area contributed by atoms with Crippen LogP contribution in [0.4, 0.5) is 0 Å². The van der Waals surface area contributed by atoms with Crippen LogP contribution in [0.1, 0.15) is 132 Å². The summed E-state index contributed by atoms with van der Waals surface area (Å²) in [5, 5.41) is 41.8. The molecule has 0 aromatic heterocycles. The highest BCUT2D eigenvalue weighted by Gasteiger charge is 2.90. The van der Waals surface area contributed by atoms with Crippen molar-refractivity contribution in [2.45, 2.75) is 65.1 Å². The molecule has 13 atom stereocenters. The Morgan fingerprint density at radius 2 is 1.20 bits per heavy atom. The molecule has 5 spiro atoms. The van der Waals surface area contributed by atoms with Crippen LogP contribution in [0.3, 0.4) is 0 Å². The summed E-state index contributed by atoms with van der Waals surface area (Å²) in [5.41, 5.74) is 39.1. The molecule has 1 saturated carbocycles. The van der Waals surface area contributed by atoms with E-state index in [-0.39, 0.29) is 27.1 Å². The molecule has 0 N–H and O–H groups in total. The highest BCUT2D eigenvalue weighted by Crippen LogP contribution is 2.97. The molecule has 16 aliphatic carbocycles. The van der Waals surface area contributed by atoms with E-state index in [2.05, 4.69) is 41.2 Å². The first kappa shape index (κ1) is 28.1. The summed E-state index contributed by atoms with van der Waals surface area (Å²) in [6.45, 7) is 8.11. The van der Waals surface area contributed by atoms with Gasteiger partial charge in [0.2, 0.25) is 0 Å². The monoisotopic (exact) mass is 866 g/mol. The third-order valence-electron chi connectivity index (χ3n) is 29.5. The van der Waals surface area contributed by atoms with Crippen LogP contribution >= 0.6 is 0 Å². The van der Waals surface area contributed by atoms with E-state index in [0.717, 1.165) is 4.48 Å². The zero-order valence-corrected chi connectivity index (χ0v) is 38.6. The first-order valence-electron chi connectivity index (χ1n) is 27.8. The molecule has 2 heterocycles. The van der Waals surface area contributed by atoms with E-state index in [1.165, 1.54) is 37.1 Å². The van der Waals surface area contributed by atoms with Gasteiger partial charge in [0.15, 0.2) is 0 Å². The topological polar surface area (TPSA) is 0 Å². The van der Waals surface area contributed by atoms with Crippen molar-refractivity contribution in [3.8, 4) is 11.1 Å². The lowest BCUT2D eigenvalue weighted by Crippen LogP contribution is -2.73. The van der Waals surface area contributed by atoms with E-state index in [9.17, 15) is 0 Å². The number of quaternary nitrogens is 2. The number of rotatable bonds is 0. The predicted octanol–water partition coefficient (Wildman–Crippen LogP) is 11.8. The van der Waals surface area contributed by atoms with E-state index in [0.29, 0.717) is 47.3 Å². The molecular formula is C67H34N2+2. The summed E-state index contributed by atoms with van der Waals surface area (Å²) < 4.78 is 2.32. The number of hydrogen-bond donors (Lipinski definition) is 0. The van der Waals surface area contributed by atoms with Crippen LogP contribution in [0.25, 0.3) is 146 Å². The molecule has 310 valence electrons. The second-order valence-corrected chi connectivity index (χ2v) is 30.5. The predicted molar refractivity (Wildman–Crippen MR) is 272 cm³/mol. The molecule has 2 saturated heterocycles. The Labute approximate surface area is 390 Å². The largest absolute Gasteiger partial charge is 0.327 e. The van der Waals surface area contributed by atoms with Gasteiger partial charge in [-0.25, -0.2) is 0 Å². The fourth-order valence-corrected chi connectivity index (χ4v) is 30.8. The normalized spacial score (nSPS) is 43.3. The Kier molecular flexibility index (Phi) is 2.49. The van der Waals surface area contributed by atoms with Crippen LogP contribution in [-0.2, 0) is 16.2 Å². The minimum Gasteiger partial charge on any atom is -0.327 e. The smallest absolute Gasteiger partial charge is 0.0934 e. The van der Waals surface area contributed by atoms with Crippen LogP contribution in [0.2, 0.25) is 0 Å². The van der Waals surface area contributed by atoms with E-state index in [4.69, 9.17) is 0 Å². The van der Waals surface area contributed by atoms with Crippen molar-refractivity contribution >= 4 is 135 Å². The molecule has 13 aromatic rings. The van der Waals surface area contributed by atoms with Crippen LogP contribution < -0.4 is 5.22 Å². The van der Waals surface area contributed by atoms with Crippen LogP contribution in [0, 0.1) is 22.7 Å². The third kappa shape index (κ3) is 1.50. The lowest BCUT2D eigenvalue weighted by Gasteiger charge is -2.74. The van der Waals surface area contributed by atoms with Crippen molar-refractivity contribution in [2.75, 3.05) is 54.4 Å². The molecule has 13 aromatic carbocycles. The van der Waals surface area contributed by atoms with Gasteiger partial charge < -0.3 is 8.97 Å². The first-order valence-corrected chi connectivity index (χ1v) is 27.8. The number of benzene rings is 10. The SMILES string of the molecule is CC1C2c3cc4c5c6c3C3=C7c8c9c%10c%11c%12c%13c%14c%15c(c-5c5c%16c%15c%15c%17c%18c%19c%20c%21c%22c(c(c8c8c%22c%22c%20c%18c%18c%15c%14c%11c%18c%22c%108)C72)C1C%211CC=%19C1(C%16%17)C1C[N+](C)(C)CC451)C%13C6C31C[N+](C)(C)CC9%121. The van der Waals surface area contributed by atoms with Gasteiger partial charge in [-0.15, -0.1) is 0 Å². The standard InChI is InChI=1S/C67H34N2/c1-12-17-13-6-14-19-42-18(13)57-47-21(17)32-38-30-35-27-25-24-23-22-20-15-7-64(55(12)46(32)48-36(30)28(27)33(23)44(20)58(48)64)67(15)16-8-68(2,3)9-63(14,16)56-43(19)41-31-37-29(26(24)39-40(31)54(56)62(67)45(22)39)34(25)49-50(35)61(52(38)47)66-11-69(4,5)10-65(57,66)59(42)53(41)51(37)60(49)66/h6,12,16-17,21,53,55,59,62H,7-11H2,1-5H3/q+2. The molecule has 4 bridgehead atoms. The summed E-state index contributed by atoms with van der Waals surface area (Å²) in [6.07, 6.45) is 1.35. The number of hydrogen-bond acceptors (Lipinski definition) is 0. The fourth-order valence-electron chi connectivity index (χ4n) is 30.8. The molecule has 3 fully saturated rings. The maximum absolute atomic E-state index is 3.16.